The van der Waals surface area contributed by atoms with Crippen LogP contribution >= 0.6 is 12.6 Å². The lowest BCUT2D eigenvalue weighted by atomic mass is 10.0. The Morgan fingerprint density at radius 2 is 1.33 bits per heavy atom. The highest BCUT2D eigenvalue weighted by Crippen LogP contribution is 2.12. The van der Waals surface area contributed by atoms with Crippen molar-refractivity contribution in [1.82, 2.24) is 16.0 Å². The van der Waals surface area contributed by atoms with Gasteiger partial charge in [-0.3, -0.25) is 24.0 Å². The molecule has 1 rings (SSSR count). The predicted octanol–water partition coefficient (Wildman–Crippen LogP) is -1.93. The fourth-order valence-electron chi connectivity index (χ4n) is 2.90. The van der Waals surface area contributed by atoms with E-state index in [1.54, 1.807) is 0 Å². The van der Waals surface area contributed by atoms with E-state index in [4.69, 9.17) is 15.9 Å². The molecule has 36 heavy (non-hydrogen) atoms. The SMILES string of the molecule is NC(CC(=O)O)C(=O)NC(CS)C(=O)NC(Cc1ccc(O)cc1)C(=O)NC(CCC(=O)O)C(=O)O. The van der Waals surface area contributed by atoms with Gasteiger partial charge in [-0.1, -0.05) is 12.1 Å². The number of phenols is 1. The molecule has 0 saturated carbocycles. The molecule has 4 atom stereocenters. The van der Waals surface area contributed by atoms with Gasteiger partial charge in [-0.25, -0.2) is 4.79 Å². The minimum atomic E-state index is -1.55. The van der Waals surface area contributed by atoms with Crippen LogP contribution in [0.3, 0.4) is 0 Å². The Morgan fingerprint density at radius 1 is 0.806 bits per heavy atom. The number of hydrogen-bond donors (Lipinski definition) is 9. The van der Waals surface area contributed by atoms with E-state index in [1.165, 1.54) is 24.3 Å². The summed E-state index contributed by atoms with van der Waals surface area (Å²) in [5.41, 5.74) is 5.96. The van der Waals surface area contributed by atoms with E-state index in [-0.39, 0.29) is 17.9 Å². The lowest BCUT2D eigenvalue weighted by Gasteiger charge is -2.24. The van der Waals surface area contributed by atoms with E-state index in [2.05, 4.69) is 28.6 Å². The lowest BCUT2D eigenvalue weighted by Crippen LogP contribution is -2.58. The number of thiol groups is 1. The Labute approximate surface area is 210 Å². The van der Waals surface area contributed by atoms with Crippen molar-refractivity contribution >= 4 is 48.3 Å². The van der Waals surface area contributed by atoms with Crippen molar-refractivity contribution in [2.45, 2.75) is 49.9 Å². The van der Waals surface area contributed by atoms with E-state index in [9.17, 15) is 39.0 Å². The molecule has 14 nitrogen and oxygen atoms in total. The minimum absolute atomic E-state index is 0.0565. The molecule has 4 unspecified atom stereocenters. The number of carboxylic acids is 3. The van der Waals surface area contributed by atoms with Crippen LogP contribution in [0.25, 0.3) is 0 Å². The quantitative estimate of drug-likeness (QED) is 0.113. The van der Waals surface area contributed by atoms with Crippen molar-refractivity contribution in [3.05, 3.63) is 29.8 Å². The molecule has 1 aromatic rings. The fraction of sp³-hybridized carbons (Fsp3) is 0.429. The number of amides is 3. The van der Waals surface area contributed by atoms with Gasteiger partial charge in [0.1, 0.15) is 23.9 Å². The second-order valence-electron chi connectivity index (χ2n) is 7.71. The fourth-order valence-corrected chi connectivity index (χ4v) is 3.16. The molecule has 1 aromatic carbocycles. The topological polar surface area (TPSA) is 245 Å². The molecule has 0 radical (unpaired) electrons. The number of carbonyl (C=O) groups excluding carboxylic acids is 3. The molecule has 0 spiro atoms. The zero-order chi connectivity index (χ0) is 27.4. The number of carbonyl (C=O) groups is 6. The molecule has 3 amide bonds. The van der Waals surface area contributed by atoms with Crippen LogP contribution in [-0.2, 0) is 35.2 Å². The van der Waals surface area contributed by atoms with Crippen LogP contribution in [0.5, 0.6) is 5.75 Å². The van der Waals surface area contributed by atoms with Crippen molar-refractivity contribution in [3.63, 3.8) is 0 Å². The highest BCUT2D eigenvalue weighted by molar-refractivity contribution is 7.80. The van der Waals surface area contributed by atoms with Gasteiger partial charge in [0, 0.05) is 18.6 Å². The summed E-state index contributed by atoms with van der Waals surface area (Å²) < 4.78 is 0. The first-order chi connectivity index (χ1) is 16.8. The summed E-state index contributed by atoms with van der Waals surface area (Å²) >= 11 is 3.99. The number of nitrogens with two attached hydrogens (primary N) is 1. The zero-order valence-corrected chi connectivity index (χ0v) is 19.8. The first-order valence-electron chi connectivity index (χ1n) is 10.6. The zero-order valence-electron chi connectivity index (χ0n) is 18.9. The molecule has 0 heterocycles. The van der Waals surface area contributed by atoms with Gasteiger partial charge in [0.05, 0.1) is 12.5 Å². The second kappa shape index (κ2) is 14.5. The van der Waals surface area contributed by atoms with Gasteiger partial charge in [-0.15, -0.1) is 0 Å². The predicted molar refractivity (Wildman–Crippen MR) is 126 cm³/mol. The Morgan fingerprint density at radius 3 is 1.83 bits per heavy atom. The minimum Gasteiger partial charge on any atom is -0.508 e. The molecule has 0 aliphatic carbocycles. The van der Waals surface area contributed by atoms with Crippen LogP contribution in [0.15, 0.2) is 24.3 Å². The van der Waals surface area contributed by atoms with Gasteiger partial charge >= 0.3 is 17.9 Å². The number of aromatic hydroxyl groups is 1. The second-order valence-corrected chi connectivity index (χ2v) is 8.08. The van der Waals surface area contributed by atoms with E-state index >= 15 is 0 Å². The van der Waals surface area contributed by atoms with Crippen LogP contribution in [-0.4, -0.2) is 86.0 Å². The van der Waals surface area contributed by atoms with Gasteiger partial charge < -0.3 is 42.1 Å². The molecule has 15 heteroatoms. The van der Waals surface area contributed by atoms with Crippen LogP contribution in [0.2, 0.25) is 0 Å². The summed E-state index contributed by atoms with van der Waals surface area (Å²) in [5, 5.41) is 43.2. The summed E-state index contributed by atoms with van der Waals surface area (Å²) in [4.78, 5) is 70.8. The molecular formula is C21H28N4O10S. The molecule has 0 aliphatic heterocycles. The highest BCUT2D eigenvalue weighted by atomic mass is 32.1. The molecule has 198 valence electrons. The van der Waals surface area contributed by atoms with E-state index in [0.717, 1.165) is 0 Å². The van der Waals surface area contributed by atoms with Crippen molar-refractivity contribution in [3.8, 4) is 5.75 Å². The maximum Gasteiger partial charge on any atom is 0.326 e. The maximum absolute atomic E-state index is 12.9. The lowest BCUT2D eigenvalue weighted by molar-refractivity contribution is -0.143. The molecule has 0 fully saturated rings. The van der Waals surface area contributed by atoms with Crippen molar-refractivity contribution in [1.29, 1.82) is 0 Å². The van der Waals surface area contributed by atoms with Crippen LogP contribution in [0.1, 0.15) is 24.8 Å². The van der Waals surface area contributed by atoms with Crippen molar-refractivity contribution in [2.24, 2.45) is 5.73 Å². The number of hydrogen-bond acceptors (Lipinski definition) is 9. The van der Waals surface area contributed by atoms with Crippen LogP contribution < -0.4 is 21.7 Å². The third-order valence-electron chi connectivity index (χ3n) is 4.82. The molecule has 0 aromatic heterocycles. The number of carboxylic acid groups (broad SMARTS) is 3. The number of nitrogens with one attached hydrogen (secondary N) is 3. The van der Waals surface area contributed by atoms with Crippen molar-refractivity contribution in [2.75, 3.05) is 5.75 Å². The van der Waals surface area contributed by atoms with Gasteiger partial charge in [0.2, 0.25) is 17.7 Å². The van der Waals surface area contributed by atoms with Crippen molar-refractivity contribution < 1.29 is 49.2 Å². The van der Waals surface area contributed by atoms with E-state index in [1.807, 2.05) is 0 Å². The smallest absolute Gasteiger partial charge is 0.326 e. The van der Waals surface area contributed by atoms with E-state index < -0.39 is 79.1 Å². The van der Waals surface area contributed by atoms with Gasteiger partial charge in [-0.2, -0.15) is 12.6 Å². The normalized spacial score (nSPS) is 13.9. The first-order valence-corrected chi connectivity index (χ1v) is 11.2. The Balaban J connectivity index is 3.06. The van der Waals surface area contributed by atoms with Crippen LogP contribution in [0.4, 0.5) is 0 Å². The van der Waals surface area contributed by atoms with Gasteiger partial charge in [0.15, 0.2) is 0 Å². The summed E-state index contributed by atoms with van der Waals surface area (Å²) in [6, 6.07) is -0.104. The Kier molecular flexibility index (Phi) is 12.2. The summed E-state index contributed by atoms with van der Waals surface area (Å²) in [7, 11) is 0. The summed E-state index contributed by atoms with van der Waals surface area (Å²) in [6.45, 7) is 0. The standard InChI is InChI=1S/C21H28N4O10S/c22-12(8-17(29)30)18(31)25-15(9-36)20(33)24-14(7-10-1-3-11(26)4-2-10)19(32)23-13(21(34)35)5-6-16(27)28/h1-4,12-15,26,36H,5-9,22H2,(H,23,32)(H,24,33)(H,25,31)(H,27,28)(H,29,30)(H,34,35). The molecular weight excluding hydrogens is 500 g/mol. The first kappa shape index (κ1) is 30.2. The van der Waals surface area contributed by atoms with Gasteiger partial charge in [0.25, 0.3) is 0 Å². The average Bonchev–Trinajstić information content (AvgIpc) is 2.79. The van der Waals surface area contributed by atoms with Gasteiger partial charge in [-0.05, 0) is 24.1 Å². The average molecular weight is 529 g/mol. The Hall–Kier alpha value is -3.85. The molecule has 0 saturated heterocycles. The summed E-state index contributed by atoms with van der Waals surface area (Å²) in [6.07, 6.45) is -1.79. The Bertz CT molecular complexity index is 972. The molecule has 0 aliphatic rings. The largest absolute Gasteiger partial charge is 0.508 e. The molecule has 0 bridgehead atoms. The number of phenolic OH excluding ortho intramolecular Hbond substituents is 1. The van der Waals surface area contributed by atoms with Crippen LogP contribution in [0, 0.1) is 0 Å². The maximum atomic E-state index is 12.9. The number of benzene rings is 1. The third kappa shape index (κ3) is 10.6. The number of rotatable bonds is 15. The van der Waals surface area contributed by atoms with E-state index in [0.29, 0.717) is 5.56 Å². The highest BCUT2D eigenvalue weighted by Gasteiger charge is 2.30. The number of aliphatic carboxylic acids is 3. The summed E-state index contributed by atoms with van der Waals surface area (Å²) in [5.74, 6) is -7.15. The third-order valence-corrected chi connectivity index (χ3v) is 5.18. The monoisotopic (exact) mass is 528 g/mol. The molecule has 9 N–H and O–H groups in total.